The third-order valence-electron chi connectivity index (χ3n) is 6.02. The average Bonchev–Trinajstić information content (AvgIpc) is 3.32. The molecule has 27 heavy (non-hydrogen) atoms. The molecular formula is C19H24N4O4. The lowest BCUT2D eigenvalue weighted by Gasteiger charge is -2.32. The van der Waals surface area contributed by atoms with Crippen LogP contribution in [0.4, 0.5) is 0 Å². The van der Waals surface area contributed by atoms with Crippen LogP contribution in [-0.4, -0.2) is 77.5 Å². The summed E-state index contributed by atoms with van der Waals surface area (Å²) in [6.45, 7) is 4.33. The smallest absolute Gasteiger partial charge is 0.225 e. The Morgan fingerprint density at radius 1 is 1.22 bits per heavy atom. The molecule has 0 spiro atoms. The van der Waals surface area contributed by atoms with Crippen molar-refractivity contribution in [3.63, 3.8) is 0 Å². The van der Waals surface area contributed by atoms with Gasteiger partial charge in [-0.1, -0.05) is 0 Å². The number of hydrogen-bond acceptors (Lipinski definition) is 7. The van der Waals surface area contributed by atoms with E-state index in [9.17, 15) is 4.79 Å². The highest BCUT2D eigenvalue weighted by molar-refractivity contribution is 5.89. The van der Waals surface area contributed by atoms with E-state index < -0.39 is 5.54 Å². The van der Waals surface area contributed by atoms with Gasteiger partial charge in [-0.3, -0.25) is 10.00 Å². The van der Waals surface area contributed by atoms with Gasteiger partial charge in [0.25, 0.3) is 0 Å². The monoisotopic (exact) mass is 372 g/mol. The Morgan fingerprint density at radius 3 is 2.78 bits per heavy atom. The highest BCUT2D eigenvalue weighted by atomic mass is 16.5. The zero-order valence-corrected chi connectivity index (χ0v) is 15.2. The number of ether oxygens (including phenoxy) is 3. The first-order chi connectivity index (χ1) is 13.3. The summed E-state index contributed by atoms with van der Waals surface area (Å²) in [7, 11) is 0. The van der Waals surface area contributed by atoms with Crippen molar-refractivity contribution in [3.05, 3.63) is 18.0 Å². The third kappa shape index (κ3) is 2.92. The Morgan fingerprint density at radius 2 is 2.00 bits per heavy atom. The number of H-pyrrole nitrogens is 1. The molecule has 8 nitrogen and oxygen atoms in total. The number of nitrogens with one attached hydrogen (secondary N) is 1. The predicted octanol–water partition coefficient (Wildman–Crippen LogP) is 1.27. The van der Waals surface area contributed by atoms with Crippen LogP contribution in [0.2, 0.25) is 0 Å². The molecule has 0 aromatic carbocycles. The fourth-order valence-electron chi connectivity index (χ4n) is 4.39. The van der Waals surface area contributed by atoms with Gasteiger partial charge in [-0.2, -0.15) is 5.10 Å². The van der Waals surface area contributed by atoms with Gasteiger partial charge < -0.3 is 19.0 Å². The Kier molecular flexibility index (Phi) is 4.34. The molecule has 2 atom stereocenters. The number of aromatic nitrogens is 3. The molecule has 2 saturated heterocycles. The molecule has 1 saturated carbocycles. The summed E-state index contributed by atoms with van der Waals surface area (Å²) in [5.41, 5.74) is 1.31. The van der Waals surface area contributed by atoms with Crippen LogP contribution < -0.4 is 4.74 Å². The quantitative estimate of drug-likeness (QED) is 0.791. The van der Waals surface area contributed by atoms with E-state index in [2.05, 4.69) is 20.1 Å². The molecule has 4 heterocycles. The Labute approximate surface area is 157 Å². The third-order valence-corrected chi connectivity index (χ3v) is 6.02. The number of carbonyl (C=O) groups is 1. The normalized spacial score (nSPS) is 29.7. The summed E-state index contributed by atoms with van der Waals surface area (Å²) >= 11 is 0. The number of morpholine rings is 1. The van der Waals surface area contributed by atoms with Gasteiger partial charge in [0, 0.05) is 38.0 Å². The first kappa shape index (κ1) is 17.1. The van der Waals surface area contributed by atoms with Crippen LogP contribution in [0.1, 0.15) is 30.9 Å². The van der Waals surface area contributed by atoms with Gasteiger partial charge in [0.1, 0.15) is 12.4 Å². The number of carbonyl (C=O) groups excluding carboxylic acids is 1. The van der Waals surface area contributed by atoms with Gasteiger partial charge in [-0.15, -0.1) is 0 Å². The van der Waals surface area contributed by atoms with Crippen molar-refractivity contribution in [2.24, 2.45) is 0 Å². The number of nitrogens with zero attached hydrogens (tertiary/aromatic N) is 3. The van der Waals surface area contributed by atoms with Gasteiger partial charge in [0.05, 0.1) is 48.6 Å². The maximum Gasteiger partial charge on any atom is 0.225 e. The van der Waals surface area contributed by atoms with Crippen molar-refractivity contribution in [3.8, 4) is 5.88 Å². The zero-order valence-electron chi connectivity index (χ0n) is 15.2. The lowest BCUT2D eigenvalue weighted by Crippen LogP contribution is -2.47. The predicted molar refractivity (Wildman–Crippen MR) is 96.9 cm³/mol. The molecule has 2 aliphatic heterocycles. The summed E-state index contributed by atoms with van der Waals surface area (Å²) in [6.07, 6.45) is 5.44. The van der Waals surface area contributed by atoms with E-state index in [1.807, 2.05) is 6.07 Å². The van der Waals surface area contributed by atoms with E-state index in [1.165, 1.54) is 0 Å². The highest BCUT2D eigenvalue weighted by Gasteiger charge is 2.60. The minimum atomic E-state index is -0.475. The van der Waals surface area contributed by atoms with Crippen molar-refractivity contribution in [1.29, 1.82) is 0 Å². The highest BCUT2D eigenvalue weighted by Crippen LogP contribution is 2.55. The van der Waals surface area contributed by atoms with Gasteiger partial charge >= 0.3 is 0 Å². The molecular weight excluding hydrogens is 348 g/mol. The Bertz CT molecular complexity index is 828. The maximum absolute atomic E-state index is 12.1. The van der Waals surface area contributed by atoms with Crippen LogP contribution in [0.15, 0.2) is 12.3 Å². The van der Waals surface area contributed by atoms with E-state index in [0.717, 1.165) is 55.2 Å². The molecule has 1 aliphatic carbocycles. The molecule has 2 unspecified atom stereocenters. The van der Waals surface area contributed by atoms with Crippen LogP contribution in [0.3, 0.4) is 0 Å². The largest absolute Gasteiger partial charge is 0.474 e. The molecule has 0 amide bonds. The van der Waals surface area contributed by atoms with E-state index in [1.54, 1.807) is 6.20 Å². The van der Waals surface area contributed by atoms with Crippen LogP contribution in [0.25, 0.3) is 10.9 Å². The van der Waals surface area contributed by atoms with E-state index in [0.29, 0.717) is 32.3 Å². The van der Waals surface area contributed by atoms with Crippen LogP contribution in [0.5, 0.6) is 5.88 Å². The van der Waals surface area contributed by atoms with E-state index >= 15 is 0 Å². The van der Waals surface area contributed by atoms with Crippen molar-refractivity contribution in [2.75, 3.05) is 39.5 Å². The lowest BCUT2D eigenvalue weighted by molar-refractivity contribution is -0.116. The topological polar surface area (TPSA) is 89.6 Å². The van der Waals surface area contributed by atoms with Gasteiger partial charge in [-0.05, 0) is 12.5 Å². The van der Waals surface area contributed by atoms with E-state index in [4.69, 9.17) is 14.2 Å². The van der Waals surface area contributed by atoms with Gasteiger partial charge in [-0.25, -0.2) is 4.98 Å². The number of aromatic amines is 1. The average molecular weight is 372 g/mol. The minimum absolute atomic E-state index is 0.0584. The molecule has 2 aromatic heterocycles. The molecule has 3 fully saturated rings. The second kappa shape index (κ2) is 6.85. The standard InChI is InChI=1S/C19H24N4O4/c24-12-19(23-5-9-26-10-6-23)11-14(19)17-16-15(21-22-17)1-4-20-18(16)27-13-2-7-25-8-3-13/h1,4,12-14H,2-3,5-11H2,(H,21,22). The summed E-state index contributed by atoms with van der Waals surface area (Å²) in [6, 6.07) is 1.91. The summed E-state index contributed by atoms with van der Waals surface area (Å²) in [4.78, 5) is 18.8. The summed E-state index contributed by atoms with van der Waals surface area (Å²) in [5, 5.41) is 8.57. The van der Waals surface area contributed by atoms with Crippen LogP contribution in [0, 0.1) is 0 Å². The van der Waals surface area contributed by atoms with Crippen molar-refractivity contribution < 1.29 is 19.0 Å². The maximum atomic E-state index is 12.1. The second-order valence-corrected chi connectivity index (χ2v) is 7.54. The number of hydrogen-bond donors (Lipinski definition) is 1. The zero-order chi connectivity index (χ0) is 18.3. The van der Waals surface area contributed by atoms with Crippen LogP contribution in [-0.2, 0) is 14.3 Å². The van der Waals surface area contributed by atoms with Crippen LogP contribution >= 0.6 is 0 Å². The number of fused-ring (bicyclic) bond motifs is 1. The number of rotatable bonds is 5. The molecule has 0 bridgehead atoms. The van der Waals surface area contributed by atoms with Crippen molar-refractivity contribution >= 4 is 17.2 Å². The number of aldehydes is 1. The van der Waals surface area contributed by atoms with E-state index in [-0.39, 0.29) is 12.0 Å². The molecule has 1 N–H and O–H groups in total. The fraction of sp³-hybridized carbons (Fsp3) is 0.632. The molecule has 2 aromatic rings. The second-order valence-electron chi connectivity index (χ2n) is 7.54. The first-order valence-electron chi connectivity index (χ1n) is 9.68. The Hall–Kier alpha value is -2.03. The summed E-state index contributed by atoms with van der Waals surface area (Å²) in [5.74, 6) is 0.667. The minimum Gasteiger partial charge on any atom is -0.474 e. The first-order valence-corrected chi connectivity index (χ1v) is 9.68. The lowest BCUT2D eigenvalue weighted by atomic mass is 10.1. The van der Waals surface area contributed by atoms with Gasteiger partial charge in [0.15, 0.2) is 0 Å². The summed E-state index contributed by atoms with van der Waals surface area (Å²) < 4.78 is 17.1. The SMILES string of the molecule is O=CC1(N2CCOCC2)CC1c1n[nH]c2ccnc(OC3CCOCC3)c12. The fourth-order valence-corrected chi connectivity index (χ4v) is 4.39. The molecule has 5 rings (SSSR count). The molecule has 144 valence electrons. The van der Waals surface area contributed by atoms with Crippen molar-refractivity contribution in [2.45, 2.75) is 36.8 Å². The molecule has 0 radical (unpaired) electrons. The Balaban J connectivity index is 1.46. The molecule has 3 aliphatic rings. The number of pyridine rings is 1. The van der Waals surface area contributed by atoms with Gasteiger partial charge in [0.2, 0.25) is 5.88 Å². The molecule has 8 heteroatoms. The van der Waals surface area contributed by atoms with Crippen molar-refractivity contribution in [1.82, 2.24) is 20.1 Å².